The summed E-state index contributed by atoms with van der Waals surface area (Å²) in [4.78, 5) is 10.8. The maximum atomic E-state index is 13.6. The number of hydrogen-bond donors (Lipinski definition) is 2. The Morgan fingerprint density at radius 3 is 2.50 bits per heavy atom. The van der Waals surface area contributed by atoms with Crippen molar-refractivity contribution in [1.29, 1.82) is 0 Å². The summed E-state index contributed by atoms with van der Waals surface area (Å²) >= 11 is 0. The highest BCUT2D eigenvalue weighted by atomic mass is 19.1. The third kappa shape index (κ3) is 3.15. The van der Waals surface area contributed by atoms with Gasteiger partial charge < -0.3 is 10.4 Å². The number of carboxylic acids is 1. The molecule has 3 nitrogen and oxygen atoms in total. The van der Waals surface area contributed by atoms with Crippen LogP contribution in [0.15, 0.2) is 48.5 Å². The lowest BCUT2D eigenvalue weighted by Gasteiger charge is -2.19. The van der Waals surface area contributed by atoms with Crippen molar-refractivity contribution in [3.63, 3.8) is 0 Å². The van der Waals surface area contributed by atoms with Gasteiger partial charge in [0.2, 0.25) is 0 Å². The van der Waals surface area contributed by atoms with Gasteiger partial charge in [0.15, 0.2) is 0 Å². The second-order valence-electron chi connectivity index (χ2n) is 4.52. The topological polar surface area (TPSA) is 49.3 Å². The van der Waals surface area contributed by atoms with Crippen LogP contribution in [-0.2, 0) is 0 Å². The van der Waals surface area contributed by atoms with Crippen molar-refractivity contribution in [2.24, 2.45) is 0 Å². The summed E-state index contributed by atoms with van der Waals surface area (Å²) in [5.74, 6) is -1.99. The SMILES string of the molecule is CCC(Nc1ccc(C(=O)O)c(F)c1)c1ccccc1. The van der Waals surface area contributed by atoms with Crippen LogP contribution in [0.25, 0.3) is 0 Å². The number of hydrogen-bond acceptors (Lipinski definition) is 2. The first-order chi connectivity index (χ1) is 9.61. The van der Waals surface area contributed by atoms with Gasteiger partial charge in [-0.15, -0.1) is 0 Å². The average molecular weight is 273 g/mol. The van der Waals surface area contributed by atoms with Crippen molar-refractivity contribution in [2.45, 2.75) is 19.4 Å². The molecule has 20 heavy (non-hydrogen) atoms. The summed E-state index contributed by atoms with van der Waals surface area (Å²) < 4.78 is 13.6. The highest BCUT2D eigenvalue weighted by Crippen LogP contribution is 2.23. The van der Waals surface area contributed by atoms with Crippen molar-refractivity contribution >= 4 is 11.7 Å². The third-order valence-corrected chi connectivity index (χ3v) is 3.15. The van der Waals surface area contributed by atoms with Gasteiger partial charge in [0.1, 0.15) is 5.82 Å². The van der Waals surface area contributed by atoms with Crippen LogP contribution in [-0.4, -0.2) is 11.1 Å². The Morgan fingerprint density at radius 2 is 1.95 bits per heavy atom. The Balaban J connectivity index is 2.20. The molecule has 104 valence electrons. The van der Waals surface area contributed by atoms with E-state index in [4.69, 9.17) is 5.11 Å². The molecule has 2 rings (SSSR count). The predicted molar refractivity (Wildman–Crippen MR) is 76.5 cm³/mol. The monoisotopic (exact) mass is 273 g/mol. The van der Waals surface area contributed by atoms with Crippen LogP contribution in [0.2, 0.25) is 0 Å². The van der Waals surface area contributed by atoms with Crippen LogP contribution >= 0.6 is 0 Å². The lowest BCUT2D eigenvalue weighted by Crippen LogP contribution is -2.10. The first-order valence-electron chi connectivity index (χ1n) is 6.46. The van der Waals surface area contributed by atoms with Crippen molar-refractivity contribution in [3.05, 3.63) is 65.5 Å². The summed E-state index contributed by atoms with van der Waals surface area (Å²) in [6.07, 6.45) is 0.840. The van der Waals surface area contributed by atoms with Crippen LogP contribution in [0.3, 0.4) is 0 Å². The number of carbonyl (C=O) groups is 1. The van der Waals surface area contributed by atoms with Gasteiger partial charge in [0.05, 0.1) is 11.6 Å². The van der Waals surface area contributed by atoms with E-state index in [2.05, 4.69) is 5.32 Å². The number of carboxylic acid groups (broad SMARTS) is 1. The van der Waals surface area contributed by atoms with Gasteiger partial charge in [-0.25, -0.2) is 9.18 Å². The first kappa shape index (κ1) is 14.1. The largest absolute Gasteiger partial charge is 0.478 e. The number of rotatable bonds is 5. The molecule has 0 aliphatic carbocycles. The molecule has 0 aliphatic heterocycles. The summed E-state index contributed by atoms with van der Waals surface area (Å²) in [6, 6.07) is 14.0. The van der Waals surface area contributed by atoms with E-state index in [1.165, 1.54) is 12.1 Å². The molecule has 0 radical (unpaired) electrons. The van der Waals surface area contributed by atoms with Crippen LogP contribution in [0.5, 0.6) is 0 Å². The van der Waals surface area contributed by atoms with E-state index in [1.54, 1.807) is 6.07 Å². The molecule has 2 aromatic carbocycles. The fourth-order valence-electron chi connectivity index (χ4n) is 2.09. The summed E-state index contributed by atoms with van der Waals surface area (Å²) in [6.45, 7) is 2.03. The molecule has 2 aromatic rings. The second-order valence-corrected chi connectivity index (χ2v) is 4.52. The zero-order valence-corrected chi connectivity index (χ0v) is 11.1. The smallest absolute Gasteiger partial charge is 0.338 e. The van der Waals surface area contributed by atoms with E-state index in [-0.39, 0.29) is 11.6 Å². The molecule has 0 bridgehead atoms. The molecule has 4 heteroatoms. The second kappa shape index (κ2) is 6.19. The zero-order valence-electron chi connectivity index (χ0n) is 11.1. The Labute approximate surface area is 117 Å². The van der Waals surface area contributed by atoms with E-state index in [1.807, 2.05) is 37.3 Å². The van der Waals surface area contributed by atoms with Crippen LogP contribution in [0.4, 0.5) is 10.1 Å². The van der Waals surface area contributed by atoms with Crippen molar-refractivity contribution in [2.75, 3.05) is 5.32 Å². The highest BCUT2D eigenvalue weighted by Gasteiger charge is 2.13. The molecule has 0 amide bonds. The van der Waals surface area contributed by atoms with E-state index in [0.29, 0.717) is 5.69 Å². The predicted octanol–water partition coefficient (Wildman–Crippen LogP) is 4.09. The molecule has 1 unspecified atom stereocenters. The summed E-state index contributed by atoms with van der Waals surface area (Å²) in [5, 5.41) is 12.0. The Kier molecular flexibility index (Phi) is 4.35. The fraction of sp³-hybridized carbons (Fsp3) is 0.188. The van der Waals surface area contributed by atoms with E-state index in [0.717, 1.165) is 12.0 Å². The van der Waals surface area contributed by atoms with Crippen LogP contribution in [0.1, 0.15) is 35.3 Å². The van der Waals surface area contributed by atoms with E-state index in [9.17, 15) is 9.18 Å². The molecule has 0 fully saturated rings. The van der Waals surface area contributed by atoms with Gasteiger partial charge in [-0.2, -0.15) is 0 Å². The number of nitrogens with one attached hydrogen (secondary N) is 1. The lowest BCUT2D eigenvalue weighted by atomic mass is 10.0. The minimum atomic E-state index is -1.26. The molecule has 0 heterocycles. The number of benzene rings is 2. The number of halogens is 1. The first-order valence-corrected chi connectivity index (χ1v) is 6.46. The maximum absolute atomic E-state index is 13.6. The third-order valence-electron chi connectivity index (χ3n) is 3.15. The fourth-order valence-corrected chi connectivity index (χ4v) is 2.09. The van der Waals surface area contributed by atoms with Crippen molar-refractivity contribution in [3.8, 4) is 0 Å². The zero-order chi connectivity index (χ0) is 14.5. The average Bonchev–Trinajstić information content (AvgIpc) is 2.45. The molecule has 0 aromatic heterocycles. The molecule has 0 saturated heterocycles. The van der Waals surface area contributed by atoms with E-state index >= 15 is 0 Å². The normalized spacial score (nSPS) is 11.9. The Morgan fingerprint density at radius 1 is 1.25 bits per heavy atom. The van der Waals surface area contributed by atoms with Gasteiger partial charge in [0.25, 0.3) is 0 Å². The van der Waals surface area contributed by atoms with Gasteiger partial charge in [0, 0.05) is 5.69 Å². The molecule has 0 aliphatic rings. The van der Waals surface area contributed by atoms with Gasteiger partial charge in [-0.3, -0.25) is 0 Å². The summed E-state index contributed by atoms with van der Waals surface area (Å²) in [7, 11) is 0. The highest BCUT2D eigenvalue weighted by molar-refractivity contribution is 5.88. The molecular weight excluding hydrogens is 257 g/mol. The summed E-state index contributed by atoms with van der Waals surface area (Å²) in [5.41, 5.74) is 1.37. The van der Waals surface area contributed by atoms with Crippen molar-refractivity contribution in [1.82, 2.24) is 0 Å². The lowest BCUT2D eigenvalue weighted by molar-refractivity contribution is 0.0692. The van der Waals surface area contributed by atoms with Gasteiger partial charge in [-0.05, 0) is 30.2 Å². The minimum Gasteiger partial charge on any atom is -0.478 e. The molecule has 0 saturated carbocycles. The standard InChI is InChI=1S/C16H16FNO2/c1-2-15(11-6-4-3-5-7-11)18-12-8-9-13(16(19)20)14(17)10-12/h3-10,15,18H,2H2,1H3,(H,19,20). The molecule has 0 spiro atoms. The molecule has 1 atom stereocenters. The number of aromatic carboxylic acids is 1. The Bertz CT molecular complexity index is 599. The molecule has 2 N–H and O–H groups in total. The maximum Gasteiger partial charge on any atom is 0.338 e. The number of anilines is 1. The van der Waals surface area contributed by atoms with Crippen LogP contribution < -0.4 is 5.32 Å². The quantitative estimate of drug-likeness (QED) is 0.862. The van der Waals surface area contributed by atoms with Gasteiger partial charge in [-0.1, -0.05) is 37.3 Å². The molecular formula is C16H16FNO2. The van der Waals surface area contributed by atoms with E-state index < -0.39 is 11.8 Å². The Hall–Kier alpha value is -2.36. The minimum absolute atomic E-state index is 0.0614. The van der Waals surface area contributed by atoms with Crippen LogP contribution in [0, 0.1) is 5.82 Å². The van der Waals surface area contributed by atoms with Gasteiger partial charge >= 0.3 is 5.97 Å². The van der Waals surface area contributed by atoms with Crippen molar-refractivity contribution < 1.29 is 14.3 Å².